The zero-order chi connectivity index (χ0) is 13.4. The first kappa shape index (κ1) is 15.2. The van der Waals surface area contributed by atoms with E-state index in [4.69, 9.17) is 0 Å². The van der Waals surface area contributed by atoms with E-state index in [1.54, 1.807) is 12.1 Å². The van der Waals surface area contributed by atoms with Gasteiger partial charge in [0.05, 0.1) is 0 Å². The molecule has 0 saturated heterocycles. The van der Waals surface area contributed by atoms with Gasteiger partial charge in [-0.15, -0.1) is 0 Å². The quantitative estimate of drug-likeness (QED) is 0.731. The van der Waals surface area contributed by atoms with Gasteiger partial charge in [0.15, 0.2) is 0 Å². The molecule has 0 amide bonds. The number of nitrogens with one attached hydrogen (secondary N) is 1. The molecule has 0 saturated carbocycles. The molecule has 1 nitrogen and oxygen atoms in total. The summed E-state index contributed by atoms with van der Waals surface area (Å²) in [4.78, 5) is 0. The second-order valence-corrected chi connectivity index (χ2v) is 5.45. The fourth-order valence-electron chi connectivity index (χ4n) is 2.21. The highest BCUT2D eigenvalue weighted by atomic mass is 19.1. The molecule has 0 bridgehead atoms. The predicted molar refractivity (Wildman–Crippen MR) is 76.3 cm³/mol. The van der Waals surface area contributed by atoms with Gasteiger partial charge >= 0.3 is 0 Å². The van der Waals surface area contributed by atoms with Crippen molar-refractivity contribution in [2.24, 2.45) is 5.92 Å². The van der Waals surface area contributed by atoms with E-state index in [1.807, 2.05) is 12.1 Å². The van der Waals surface area contributed by atoms with Gasteiger partial charge in [-0.2, -0.15) is 0 Å². The zero-order valence-electron chi connectivity index (χ0n) is 11.9. The third-order valence-electron chi connectivity index (χ3n) is 3.13. The van der Waals surface area contributed by atoms with Crippen molar-refractivity contribution in [1.82, 2.24) is 5.32 Å². The van der Waals surface area contributed by atoms with Crippen LogP contribution in [-0.2, 0) is 6.42 Å². The molecule has 1 N–H and O–H groups in total. The second-order valence-electron chi connectivity index (χ2n) is 5.45. The van der Waals surface area contributed by atoms with Crippen molar-refractivity contribution >= 4 is 0 Å². The lowest BCUT2D eigenvalue weighted by Gasteiger charge is -2.20. The number of rotatable bonds is 8. The molecule has 1 atom stereocenters. The third kappa shape index (κ3) is 6.15. The Labute approximate surface area is 111 Å². The molecule has 0 spiro atoms. The Hall–Kier alpha value is -0.890. The van der Waals surface area contributed by atoms with Gasteiger partial charge in [-0.05, 0) is 55.8 Å². The summed E-state index contributed by atoms with van der Waals surface area (Å²) in [7, 11) is 0. The van der Waals surface area contributed by atoms with E-state index in [0.717, 1.165) is 19.4 Å². The van der Waals surface area contributed by atoms with Crippen LogP contribution in [0.2, 0.25) is 0 Å². The van der Waals surface area contributed by atoms with E-state index in [9.17, 15) is 4.39 Å². The van der Waals surface area contributed by atoms with E-state index in [-0.39, 0.29) is 5.82 Å². The molecule has 18 heavy (non-hydrogen) atoms. The highest BCUT2D eigenvalue weighted by Gasteiger charge is 2.10. The molecule has 2 heteroatoms. The fraction of sp³-hybridized carbons (Fsp3) is 0.625. The summed E-state index contributed by atoms with van der Waals surface area (Å²) >= 11 is 0. The summed E-state index contributed by atoms with van der Waals surface area (Å²) in [5.41, 5.74) is 1.23. The molecule has 0 aromatic heterocycles. The van der Waals surface area contributed by atoms with Crippen molar-refractivity contribution in [3.05, 3.63) is 35.6 Å². The van der Waals surface area contributed by atoms with Crippen molar-refractivity contribution in [1.29, 1.82) is 0 Å². The summed E-state index contributed by atoms with van der Waals surface area (Å²) in [6.45, 7) is 7.80. The van der Waals surface area contributed by atoms with Gasteiger partial charge in [0.2, 0.25) is 0 Å². The minimum absolute atomic E-state index is 0.151. The average molecular weight is 251 g/mol. The van der Waals surface area contributed by atoms with Gasteiger partial charge in [-0.3, -0.25) is 0 Å². The summed E-state index contributed by atoms with van der Waals surface area (Å²) < 4.78 is 12.8. The van der Waals surface area contributed by atoms with E-state index < -0.39 is 0 Å². The lowest BCUT2D eigenvalue weighted by Crippen LogP contribution is -2.31. The lowest BCUT2D eigenvalue weighted by molar-refractivity contribution is 0.398. The van der Waals surface area contributed by atoms with Gasteiger partial charge < -0.3 is 5.32 Å². The highest BCUT2D eigenvalue weighted by Crippen LogP contribution is 2.12. The molecule has 1 unspecified atom stereocenters. The molecule has 1 aromatic rings. The van der Waals surface area contributed by atoms with Crippen LogP contribution in [0.3, 0.4) is 0 Å². The molecule has 0 aliphatic rings. The molecule has 0 aliphatic carbocycles. The molecule has 0 heterocycles. The van der Waals surface area contributed by atoms with Gasteiger partial charge in [-0.25, -0.2) is 4.39 Å². The first-order valence-electron chi connectivity index (χ1n) is 7.09. The minimum Gasteiger partial charge on any atom is -0.314 e. The monoisotopic (exact) mass is 251 g/mol. The molecule has 102 valence electrons. The second kappa shape index (κ2) is 8.25. The predicted octanol–water partition coefficient (Wildman–Crippen LogP) is 4.17. The van der Waals surface area contributed by atoms with Crippen molar-refractivity contribution < 1.29 is 4.39 Å². The number of halogens is 1. The summed E-state index contributed by atoms with van der Waals surface area (Å²) in [6, 6.07) is 7.46. The Morgan fingerprint density at radius 2 is 1.83 bits per heavy atom. The van der Waals surface area contributed by atoms with E-state index in [0.29, 0.717) is 12.0 Å². The van der Waals surface area contributed by atoms with Crippen molar-refractivity contribution in [2.45, 2.75) is 52.5 Å². The molecular formula is C16H26FN. The van der Waals surface area contributed by atoms with Crippen LogP contribution >= 0.6 is 0 Å². The van der Waals surface area contributed by atoms with Crippen LogP contribution in [0.4, 0.5) is 4.39 Å². The maximum atomic E-state index is 12.8. The van der Waals surface area contributed by atoms with Crippen LogP contribution in [0.1, 0.15) is 45.6 Å². The zero-order valence-corrected chi connectivity index (χ0v) is 11.9. The fourth-order valence-corrected chi connectivity index (χ4v) is 2.21. The van der Waals surface area contributed by atoms with Gasteiger partial charge in [0.25, 0.3) is 0 Å². The molecule has 0 aliphatic heterocycles. The molecule has 1 aromatic carbocycles. The van der Waals surface area contributed by atoms with Crippen LogP contribution in [0, 0.1) is 11.7 Å². The molecule has 1 rings (SSSR count). The lowest BCUT2D eigenvalue weighted by atomic mass is 9.97. The van der Waals surface area contributed by atoms with Crippen molar-refractivity contribution in [3.63, 3.8) is 0 Å². The SMILES string of the molecule is CCCNC(CCc1ccc(F)cc1)CC(C)C. The van der Waals surface area contributed by atoms with E-state index in [2.05, 4.69) is 26.1 Å². The van der Waals surface area contributed by atoms with Crippen LogP contribution in [0.25, 0.3) is 0 Å². The Balaban J connectivity index is 2.42. The van der Waals surface area contributed by atoms with Crippen LogP contribution in [0.5, 0.6) is 0 Å². The topological polar surface area (TPSA) is 12.0 Å². The molecule has 0 fully saturated rings. The van der Waals surface area contributed by atoms with Crippen molar-refractivity contribution in [2.75, 3.05) is 6.54 Å². The van der Waals surface area contributed by atoms with E-state index >= 15 is 0 Å². The van der Waals surface area contributed by atoms with Gasteiger partial charge in [-0.1, -0.05) is 32.9 Å². The Morgan fingerprint density at radius 1 is 1.17 bits per heavy atom. The Morgan fingerprint density at radius 3 is 2.39 bits per heavy atom. The van der Waals surface area contributed by atoms with Gasteiger partial charge in [0.1, 0.15) is 5.82 Å². The van der Waals surface area contributed by atoms with Crippen LogP contribution in [0.15, 0.2) is 24.3 Å². The number of hydrogen-bond acceptors (Lipinski definition) is 1. The summed E-state index contributed by atoms with van der Waals surface area (Å²) in [6.07, 6.45) is 4.53. The van der Waals surface area contributed by atoms with E-state index in [1.165, 1.54) is 18.4 Å². The first-order chi connectivity index (χ1) is 8.61. The van der Waals surface area contributed by atoms with Gasteiger partial charge in [0, 0.05) is 6.04 Å². The number of hydrogen-bond donors (Lipinski definition) is 1. The van der Waals surface area contributed by atoms with Crippen LogP contribution in [-0.4, -0.2) is 12.6 Å². The Kier molecular flexibility index (Phi) is 6.96. The maximum absolute atomic E-state index is 12.8. The normalized spacial score (nSPS) is 12.9. The smallest absolute Gasteiger partial charge is 0.123 e. The standard InChI is InChI=1S/C16H26FN/c1-4-11-18-16(12-13(2)3)10-7-14-5-8-15(17)9-6-14/h5-6,8-9,13,16,18H,4,7,10-12H2,1-3H3. The summed E-state index contributed by atoms with van der Waals surface area (Å²) in [5.74, 6) is 0.564. The maximum Gasteiger partial charge on any atom is 0.123 e. The molecule has 0 radical (unpaired) electrons. The molecular weight excluding hydrogens is 225 g/mol. The number of benzene rings is 1. The van der Waals surface area contributed by atoms with Crippen molar-refractivity contribution in [3.8, 4) is 0 Å². The third-order valence-corrected chi connectivity index (χ3v) is 3.13. The Bertz CT molecular complexity index is 318. The summed E-state index contributed by atoms with van der Waals surface area (Å²) in [5, 5.41) is 3.61. The minimum atomic E-state index is -0.151. The average Bonchev–Trinajstić information content (AvgIpc) is 2.34. The number of aryl methyl sites for hydroxylation is 1. The largest absolute Gasteiger partial charge is 0.314 e. The highest BCUT2D eigenvalue weighted by molar-refractivity contribution is 5.16. The van der Waals surface area contributed by atoms with Crippen LogP contribution < -0.4 is 5.32 Å². The first-order valence-corrected chi connectivity index (χ1v) is 7.09.